The van der Waals surface area contributed by atoms with E-state index in [1.807, 2.05) is 20.9 Å². The minimum atomic E-state index is 0.0488. The van der Waals surface area contributed by atoms with Crippen LogP contribution in [-0.4, -0.2) is 21.7 Å². The van der Waals surface area contributed by atoms with Gasteiger partial charge in [-0.15, -0.1) is 0 Å². The van der Waals surface area contributed by atoms with Gasteiger partial charge in [0, 0.05) is 19.0 Å². The molecule has 100 valence electrons. The van der Waals surface area contributed by atoms with Crippen molar-refractivity contribution in [1.29, 1.82) is 0 Å². The SMILES string of the molecule is Cc1nn(C)c(C)c1NC(=O)C1CCCC(N)C1. The molecule has 1 amide bonds. The van der Waals surface area contributed by atoms with Crippen LogP contribution in [0.3, 0.4) is 0 Å². The summed E-state index contributed by atoms with van der Waals surface area (Å²) in [4.78, 5) is 12.2. The van der Waals surface area contributed by atoms with Gasteiger partial charge in [-0.1, -0.05) is 6.42 Å². The van der Waals surface area contributed by atoms with Crippen LogP contribution in [0.5, 0.6) is 0 Å². The van der Waals surface area contributed by atoms with Crippen LogP contribution in [0.4, 0.5) is 5.69 Å². The third-order valence-electron chi connectivity index (χ3n) is 3.84. The van der Waals surface area contributed by atoms with Crippen molar-refractivity contribution in [1.82, 2.24) is 9.78 Å². The number of carbonyl (C=O) groups excluding carboxylic acids is 1. The average molecular weight is 250 g/mol. The van der Waals surface area contributed by atoms with Crippen molar-refractivity contribution in [2.45, 2.75) is 45.6 Å². The third kappa shape index (κ3) is 2.56. The van der Waals surface area contributed by atoms with E-state index < -0.39 is 0 Å². The number of nitrogens with zero attached hydrogens (tertiary/aromatic N) is 2. The van der Waals surface area contributed by atoms with Crippen molar-refractivity contribution in [2.75, 3.05) is 5.32 Å². The number of rotatable bonds is 2. The molecule has 5 heteroatoms. The Balaban J connectivity index is 2.06. The lowest BCUT2D eigenvalue weighted by Crippen LogP contribution is -2.34. The largest absolute Gasteiger partial charge is 0.328 e. The lowest BCUT2D eigenvalue weighted by molar-refractivity contribution is -0.120. The molecule has 0 aromatic carbocycles. The molecule has 1 saturated carbocycles. The van der Waals surface area contributed by atoms with Gasteiger partial charge in [0.05, 0.1) is 17.1 Å². The Morgan fingerprint density at radius 1 is 1.44 bits per heavy atom. The molecule has 2 atom stereocenters. The maximum absolute atomic E-state index is 12.2. The molecular weight excluding hydrogens is 228 g/mol. The maximum Gasteiger partial charge on any atom is 0.227 e. The fourth-order valence-electron chi connectivity index (χ4n) is 2.65. The molecule has 2 unspecified atom stereocenters. The number of anilines is 1. The molecule has 1 aliphatic carbocycles. The highest BCUT2D eigenvalue weighted by Crippen LogP contribution is 2.26. The van der Waals surface area contributed by atoms with E-state index in [4.69, 9.17) is 5.73 Å². The van der Waals surface area contributed by atoms with Crippen LogP contribution in [0.25, 0.3) is 0 Å². The molecular formula is C13H22N4O. The minimum absolute atomic E-state index is 0.0488. The molecule has 0 spiro atoms. The predicted molar refractivity (Wildman–Crippen MR) is 71.2 cm³/mol. The van der Waals surface area contributed by atoms with Crippen molar-refractivity contribution >= 4 is 11.6 Å². The summed E-state index contributed by atoms with van der Waals surface area (Å²) in [5, 5.41) is 7.31. The van der Waals surface area contributed by atoms with Gasteiger partial charge in [0.15, 0.2) is 0 Å². The standard InChI is InChI=1S/C13H22N4O/c1-8-12(9(2)17(3)16-8)15-13(18)10-5-4-6-11(14)7-10/h10-11H,4-7,14H2,1-3H3,(H,15,18). The van der Waals surface area contributed by atoms with Crippen LogP contribution in [0, 0.1) is 19.8 Å². The van der Waals surface area contributed by atoms with E-state index >= 15 is 0 Å². The van der Waals surface area contributed by atoms with Crippen molar-refractivity contribution in [2.24, 2.45) is 18.7 Å². The van der Waals surface area contributed by atoms with E-state index in [0.717, 1.165) is 42.8 Å². The zero-order valence-electron chi connectivity index (χ0n) is 11.4. The average Bonchev–Trinajstić information content (AvgIpc) is 2.56. The quantitative estimate of drug-likeness (QED) is 0.835. The zero-order valence-corrected chi connectivity index (χ0v) is 11.4. The summed E-state index contributed by atoms with van der Waals surface area (Å²) in [5.74, 6) is 0.136. The Kier molecular flexibility index (Phi) is 3.71. The van der Waals surface area contributed by atoms with Gasteiger partial charge >= 0.3 is 0 Å². The normalized spacial score (nSPS) is 24.0. The highest BCUT2D eigenvalue weighted by molar-refractivity contribution is 5.93. The number of hydrogen-bond acceptors (Lipinski definition) is 3. The Bertz CT molecular complexity index is 452. The van der Waals surface area contributed by atoms with Gasteiger partial charge in [-0.05, 0) is 33.1 Å². The molecule has 0 saturated heterocycles. The highest BCUT2D eigenvalue weighted by atomic mass is 16.1. The Morgan fingerprint density at radius 2 is 2.17 bits per heavy atom. The lowest BCUT2D eigenvalue weighted by atomic mass is 9.85. The predicted octanol–water partition coefficient (Wildman–Crippen LogP) is 1.49. The Hall–Kier alpha value is -1.36. The first-order valence-electron chi connectivity index (χ1n) is 6.55. The first-order valence-corrected chi connectivity index (χ1v) is 6.55. The van der Waals surface area contributed by atoms with Crippen molar-refractivity contribution in [3.63, 3.8) is 0 Å². The molecule has 1 aliphatic rings. The number of aromatic nitrogens is 2. The molecule has 0 aliphatic heterocycles. The fraction of sp³-hybridized carbons (Fsp3) is 0.692. The number of nitrogens with one attached hydrogen (secondary N) is 1. The molecule has 1 aromatic heterocycles. The van der Waals surface area contributed by atoms with Gasteiger partial charge in [-0.3, -0.25) is 9.48 Å². The maximum atomic E-state index is 12.2. The second kappa shape index (κ2) is 5.10. The van der Waals surface area contributed by atoms with Crippen molar-refractivity contribution in [3.8, 4) is 0 Å². The number of amides is 1. The van der Waals surface area contributed by atoms with Crippen LogP contribution in [0.15, 0.2) is 0 Å². The van der Waals surface area contributed by atoms with E-state index in [9.17, 15) is 4.79 Å². The summed E-state index contributed by atoms with van der Waals surface area (Å²) < 4.78 is 1.79. The Morgan fingerprint density at radius 3 is 2.72 bits per heavy atom. The Labute approximate surface area is 108 Å². The monoisotopic (exact) mass is 250 g/mol. The van der Waals surface area contributed by atoms with Crippen LogP contribution < -0.4 is 11.1 Å². The number of aryl methyl sites for hydroxylation is 2. The minimum Gasteiger partial charge on any atom is -0.328 e. The molecule has 1 heterocycles. The molecule has 0 radical (unpaired) electrons. The van der Waals surface area contributed by atoms with E-state index in [-0.39, 0.29) is 17.9 Å². The fourth-order valence-corrected chi connectivity index (χ4v) is 2.65. The van der Waals surface area contributed by atoms with E-state index in [1.165, 1.54) is 0 Å². The smallest absolute Gasteiger partial charge is 0.227 e. The number of carbonyl (C=O) groups is 1. The summed E-state index contributed by atoms with van der Waals surface area (Å²) in [7, 11) is 1.88. The summed E-state index contributed by atoms with van der Waals surface area (Å²) in [6, 6.07) is 0.172. The molecule has 18 heavy (non-hydrogen) atoms. The van der Waals surface area contributed by atoms with Gasteiger partial charge in [0.25, 0.3) is 0 Å². The van der Waals surface area contributed by atoms with Gasteiger partial charge in [-0.25, -0.2) is 0 Å². The van der Waals surface area contributed by atoms with Crippen LogP contribution in [0.1, 0.15) is 37.1 Å². The van der Waals surface area contributed by atoms with E-state index in [1.54, 1.807) is 4.68 Å². The topological polar surface area (TPSA) is 72.9 Å². The first-order chi connectivity index (χ1) is 8.49. The second-order valence-electron chi connectivity index (χ2n) is 5.28. The van der Waals surface area contributed by atoms with Gasteiger partial charge in [-0.2, -0.15) is 5.10 Å². The van der Waals surface area contributed by atoms with Crippen LogP contribution in [0.2, 0.25) is 0 Å². The number of hydrogen-bond donors (Lipinski definition) is 2. The summed E-state index contributed by atoms with van der Waals surface area (Å²) in [6.45, 7) is 3.87. The lowest BCUT2D eigenvalue weighted by Gasteiger charge is -2.25. The molecule has 3 N–H and O–H groups in total. The summed E-state index contributed by atoms with van der Waals surface area (Å²) >= 11 is 0. The van der Waals surface area contributed by atoms with Crippen LogP contribution in [-0.2, 0) is 11.8 Å². The molecule has 5 nitrogen and oxygen atoms in total. The number of nitrogens with two attached hydrogens (primary N) is 1. The third-order valence-corrected chi connectivity index (χ3v) is 3.84. The molecule has 0 bridgehead atoms. The zero-order chi connectivity index (χ0) is 13.3. The van der Waals surface area contributed by atoms with E-state index in [2.05, 4.69) is 10.4 Å². The van der Waals surface area contributed by atoms with Crippen LogP contribution >= 0.6 is 0 Å². The van der Waals surface area contributed by atoms with Crippen molar-refractivity contribution in [3.05, 3.63) is 11.4 Å². The van der Waals surface area contributed by atoms with Gasteiger partial charge < -0.3 is 11.1 Å². The first kappa shape index (κ1) is 13.1. The molecule has 1 fully saturated rings. The van der Waals surface area contributed by atoms with Crippen molar-refractivity contribution < 1.29 is 4.79 Å². The summed E-state index contributed by atoms with van der Waals surface area (Å²) in [5.41, 5.74) is 8.62. The molecule has 2 rings (SSSR count). The molecule has 1 aromatic rings. The second-order valence-corrected chi connectivity index (χ2v) is 5.28. The highest BCUT2D eigenvalue weighted by Gasteiger charge is 2.26. The van der Waals surface area contributed by atoms with Gasteiger partial charge in [0.2, 0.25) is 5.91 Å². The summed E-state index contributed by atoms with van der Waals surface area (Å²) in [6.07, 6.45) is 3.82. The van der Waals surface area contributed by atoms with Gasteiger partial charge in [0.1, 0.15) is 0 Å². The van der Waals surface area contributed by atoms with E-state index in [0.29, 0.717) is 0 Å².